The van der Waals surface area contributed by atoms with E-state index in [-0.39, 0.29) is 0 Å². The summed E-state index contributed by atoms with van der Waals surface area (Å²) in [5, 5.41) is 5.68. The molecule has 0 nitrogen and oxygen atoms in total. The number of hydrogen-bond acceptors (Lipinski definition) is 0. The normalized spacial score (nSPS) is 11.0. The third kappa shape index (κ3) is 1.95. The zero-order valence-corrected chi connectivity index (χ0v) is 12.8. The Morgan fingerprint density at radius 2 is 0.750 bits per heavy atom. The van der Waals surface area contributed by atoms with Crippen LogP contribution >= 0.6 is 0 Å². The van der Waals surface area contributed by atoms with E-state index in [0.717, 1.165) is 0 Å². The quantitative estimate of drug-likeness (QED) is 0.482. The van der Waals surface area contributed by atoms with E-state index in [9.17, 15) is 0 Å². The number of rotatable bonds is 2. The molecule has 0 aliphatic rings. The van der Waals surface area contributed by atoms with Gasteiger partial charge in [-0.15, -0.1) is 0 Å². The molecule has 0 unspecified atom stereocenters. The molecular formula is C18H20B2. The summed E-state index contributed by atoms with van der Waals surface area (Å²) < 4.78 is 0. The maximum atomic E-state index is 2.29. The van der Waals surface area contributed by atoms with E-state index in [1.807, 2.05) is 0 Å². The van der Waals surface area contributed by atoms with Crippen LogP contribution in [0.4, 0.5) is 0 Å². The first-order valence-corrected chi connectivity index (χ1v) is 7.54. The maximum Gasteiger partial charge on any atom is 0.171 e. The van der Waals surface area contributed by atoms with Gasteiger partial charge in [0.15, 0.2) is 13.4 Å². The Balaban J connectivity index is 2.62. The van der Waals surface area contributed by atoms with Crippen molar-refractivity contribution in [2.45, 2.75) is 27.3 Å². The van der Waals surface area contributed by atoms with E-state index in [4.69, 9.17) is 0 Å². The lowest BCUT2D eigenvalue weighted by Crippen LogP contribution is -2.32. The summed E-state index contributed by atoms with van der Waals surface area (Å²) in [6.45, 7) is 10.2. The highest BCUT2D eigenvalue weighted by atomic mass is 14.1. The van der Waals surface area contributed by atoms with Crippen molar-refractivity contribution in [1.82, 2.24) is 0 Å². The van der Waals surface area contributed by atoms with Crippen molar-refractivity contribution in [1.29, 1.82) is 0 Å². The fraction of sp³-hybridized carbons (Fsp3) is 0.222. The van der Waals surface area contributed by atoms with Crippen LogP contribution in [0.3, 0.4) is 0 Å². The molecule has 0 N–H and O–H groups in total. The van der Waals surface area contributed by atoms with Gasteiger partial charge in [0, 0.05) is 0 Å². The van der Waals surface area contributed by atoms with Gasteiger partial charge in [0.05, 0.1) is 0 Å². The SMILES string of the molecule is CB(C)c1c2ccccc2c(B(C)C)c2ccccc12. The van der Waals surface area contributed by atoms with Crippen LogP contribution < -0.4 is 10.9 Å². The van der Waals surface area contributed by atoms with Crippen LogP contribution in [0.5, 0.6) is 0 Å². The summed E-state index contributed by atoms with van der Waals surface area (Å²) in [4.78, 5) is 0. The number of fused-ring (bicyclic) bond motifs is 2. The standard InChI is InChI=1S/C18H20B2/c1-19(2)17-13-9-5-7-11-15(13)18(20(3)4)16-12-8-6-10-14(16)17/h5-12H,1-4H3. The molecule has 0 saturated heterocycles. The summed E-state index contributed by atoms with van der Waals surface area (Å²) in [7, 11) is 0. The molecule has 0 aliphatic heterocycles. The van der Waals surface area contributed by atoms with Crippen molar-refractivity contribution in [3.05, 3.63) is 48.5 Å². The van der Waals surface area contributed by atoms with Gasteiger partial charge in [-0.25, -0.2) is 0 Å². The van der Waals surface area contributed by atoms with Gasteiger partial charge in [-0.3, -0.25) is 0 Å². The fourth-order valence-electron chi connectivity index (χ4n) is 3.44. The minimum absolute atomic E-state index is 0.533. The number of hydrogen-bond donors (Lipinski definition) is 0. The molecule has 3 aromatic carbocycles. The minimum Gasteiger partial charge on any atom is -0.0819 e. The molecule has 2 heteroatoms. The summed E-state index contributed by atoms with van der Waals surface area (Å²) in [6.07, 6.45) is 0. The minimum atomic E-state index is 0.533. The Kier molecular flexibility index (Phi) is 3.33. The molecule has 0 atom stereocenters. The first-order chi connectivity index (χ1) is 9.61. The molecule has 0 aliphatic carbocycles. The molecule has 0 heterocycles. The van der Waals surface area contributed by atoms with Crippen molar-refractivity contribution >= 4 is 45.9 Å². The summed E-state index contributed by atoms with van der Waals surface area (Å²) in [5.74, 6) is 0. The van der Waals surface area contributed by atoms with Crippen LogP contribution in [0, 0.1) is 0 Å². The first kappa shape index (κ1) is 13.3. The monoisotopic (exact) mass is 258 g/mol. The van der Waals surface area contributed by atoms with Crippen LogP contribution in [0.25, 0.3) is 21.5 Å². The van der Waals surface area contributed by atoms with Gasteiger partial charge in [-0.05, 0) is 21.5 Å². The van der Waals surface area contributed by atoms with Crippen LogP contribution in [0.1, 0.15) is 0 Å². The molecule has 3 aromatic rings. The van der Waals surface area contributed by atoms with Crippen molar-refractivity contribution in [3.63, 3.8) is 0 Å². The topological polar surface area (TPSA) is 0 Å². The highest BCUT2D eigenvalue weighted by Crippen LogP contribution is 2.21. The summed E-state index contributed by atoms with van der Waals surface area (Å²) in [6, 6.07) is 17.8. The van der Waals surface area contributed by atoms with Crippen molar-refractivity contribution in [2.24, 2.45) is 0 Å². The zero-order chi connectivity index (χ0) is 14.3. The second-order valence-corrected chi connectivity index (χ2v) is 6.23. The summed E-state index contributed by atoms with van der Waals surface area (Å²) >= 11 is 0. The molecule has 0 bridgehead atoms. The largest absolute Gasteiger partial charge is 0.171 e. The predicted molar refractivity (Wildman–Crippen MR) is 95.7 cm³/mol. The fourth-order valence-corrected chi connectivity index (χ4v) is 3.44. The molecule has 0 spiro atoms. The number of benzene rings is 3. The smallest absolute Gasteiger partial charge is 0.0819 e. The highest BCUT2D eigenvalue weighted by Gasteiger charge is 2.18. The van der Waals surface area contributed by atoms with Gasteiger partial charge in [0.25, 0.3) is 0 Å². The molecule has 0 aromatic heterocycles. The lowest BCUT2D eigenvalue weighted by Gasteiger charge is -2.19. The van der Waals surface area contributed by atoms with Crippen molar-refractivity contribution in [2.75, 3.05) is 0 Å². The van der Waals surface area contributed by atoms with Gasteiger partial charge in [0.1, 0.15) is 0 Å². The Hall–Kier alpha value is -1.69. The van der Waals surface area contributed by atoms with Gasteiger partial charge >= 0.3 is 0 Å². The molecular weight excluding hydrogens is 238 g/mol. The molecule has 20 heavy (non-hydrogen) atoms. The Morgan fingerprint density at radius 3 is 0.950 bits per heavy atom. The maximum absolute atomic E-state index is 2.29. The van der Waals surface area contributed by atoms with Gasteiger partial charge in [-0.1, -0.05) is 86.7 Å². The Morgan fingerprint density at radius 1 is 0.500 bits per heavy atom. The van der Waals surface area contributed by atoms with Crippen molar-refractivity contribution in [3.8, 4) is 0 Å². The van der Waals surface area contributed by atoms with E-state index in [2.05, 4.69) is 75.8 Å². The van der Waals surface area contributed by atoms with E-state index < -0.39 is 0 Å². The van der Waals surface area contributed by atoms with Crippen LogP contribution in [-0.4, -0.2) is 13.4 Å². The second-order valence-electron chi connectivity index (χ2n) is 6.23. The van der Waals surface area contributed by atoms with Crippen molar-refractivity contribution < 1.29 is 0 Å². The summed E-state index contributed by atoms with van der Waals surface area (Å²) in [5.41, 5.74) is 2.97. The van der Waals surface area contributed by atoms with Crippen LogP contribution in [-0.2, 0) is 0 Å². The first-order valence-electron chi connectivity index (χ1n) is 7.54. The van der Waals surface area contributed by atoms with E-state index in [1.165, 1.54) is 32.5 Å². The predicted octanol–water partition coefficient (Wildman–Crippen LogP) is 3.92. The van der Waals surface area contributed by atoms with E-state index >= 15 is 0 Å². The third-order valence-corrected chi connectivity index (χ3v) is 4.17. The third-order valence-electron chi connectivity index (χ3n) is 4.17. The lowest BCUT2D eigenvalue weighted by atomic mass is 9.44. The van der Waals surface area contributed by atoms with E-state index in [0.29, 0.717) is 13.4 Å². The highest BCUT2D eigenvalue weighted by molar-refractivity contribution is 6.80. The van der Waals surface area contributed by atoms with Crippen LogP contribution in [0.2, 0.25) is 27.3 Å². The molecule has 0 radical (unpaired) electrons. The average molecular weight is 258 g/mol. The molecule has 0 saturated carbocycles. The van der Waals surface area contributed by atoms with Gasteiger partial charge < -0.3 is 0 Å². The Bertz CT molecular complexity index is 650. The Labute approximate surface area is 122 Å². The van der Waals surface area contributed by atoms with E-state index in [1.54, 1.807) is 0 Å². The van der Waals surface area contributed by atoms with Crippen LogP contribution in [0.15, 0.2) is 48.5 Å². The molecule has 0 amide bonds. The zero-order valence-electron chi connectivity index (χ0n) is 12.8. The average Bonchev–Trinajstić information content (AvgIpc) is 2.43. The van der Waals surface area contributed by atoms with Gasteiger partial charge in [0.2, 0.25) is 0 Å². The second kappa shape index (κ2) is 5.01. The van der Waals surface area contributed by atoms with Gasteiger partial charge in [-0.2, -0.15) is 0 Å². The molecule has 98 valence electrons. The lowest BCUT2D eigenvalue weighted by molar-refractivity contribution is 1.78. The molecule has 0 fully saturated rings. The molecule has 3 rings (SSSR count).